The third-order valence-electron chi connectivity index (χ3n) is 4.40. The van der Waals surface area contributed by atoms with Gasteiger partial charge in [0.1, 0.15) is 6.10 Å². The molecule has 7 heteroatoms. The van der Waals surface area contributed by atoms with E-state index in [1.807, 2.05) is 29.2 Å². The van der Waals surface area contributed by atoms with E-state index >= 15 is 0 Å². The second kappa shape index (κ2) is 8.26. The third kappa shape index (κ3) is 4.46. The molecule has 0 saturated carbocycles. The average Bonchev–Trinajstić information content (AvgIpc) is 3.11. The first kappa shape index (κ1) is 17.6. The molecule has 3 rings (SSSR count). The summed E-state index contributed by atoms with van der Waals surface area (Å²) in [4.78, 5) is 28.5. The summed E-state index contributed by atoms with van der Waals surface area (Å²) < 4.78 is 6.49. The maximum atomic E-state index is 12.3. The topological polar surface area (TPSA) is 61.9 Å². The van der Waals surface area contributed by atoms with Crippen LogP contribution in [0.1, 0.15) is 12.8 Å². The molecule has 2 amide bonds. The molecule has 6 nitrogen and oxygen atoms in total. The molecule has 2 heterocycles. The lowest BCUT2D eigenvalue weighted by Gasteiger charge is -2.35. The van der Waals surface area contributed by atoms with Gasteiger partial charge in [-0.2, -0.15) is 0 Å². The van der Waals surface area contributed by atoms with Crippen molar-refractivity contribution in [2.75, 3.05) is 44.6 Å². The summed E-state index contributed by atoms with van der Waals surface area (Å²) in [6.07, 6.45) is 1.55. The first-order chi connectivity index (χ1) is 11.6. The fourth-order valence-electron chi connectivity index (χ4n) is 3.06. The number of amides is 2. The summed E-state index contributed by atoms with van der Waals surface area (Å²) in [5, 5.41) is 2.95. The molecule has 2 aliphatic heterocycles. The zero-order valence-electron chi connectivity index (χ0n) is 13.5. The van der Waals surface area contributed by atoms with Crippen molar-refractivity contribution in [2.24, 2.45) is 0 Å². The van der Waals surface area contributed by atoms with Gasteiger partial charge in [0.15, 0.2) is 0 Å². The molecule has 0 radical (unpaired) electrons. The highest BCUT2D eigenvalue weighted by Crippen LogP contribution is 2.18. The van der Waals surface area contributed by atoms with Crippen molar-refractivity contribution in [1.29, 1.82) is 0 Å². The van der Waals surface area contributed by atoms with E-state index in [1.165, 1.54) is 0 Å². The van der Waals surface area contributed by atoms with Gasteiger partial charge >= 0.3 is 0 Å². The van der Waals surface area contributed by atoms with Crippen LogP contribution >= 0.6 is 22.6 Å². The number of benzene rings is 1. The summed E-state index contributed by atoms with van der Waals surface area (Å²) in [6, 6.07) is 7.72. The number of halogens is 1. The number of rotatable bonds is 4. The standard InChI is InChI=1S/C17H22IN3O3/c18-13-4-1-2-5-14(13)19-16(22)12-20-7-9-21(10-8-20)17(23)15-6-3-11-24-15/h1-2,4-5,15H,3,6-12H2,(H,19,22). The minimum absolute atomic E-state index is 0.0157. The molecule has 1 N–H and O–H groups in total. The molecule has 2 aliphatic rings. The first-order valence-electron chi connectivity index (χ1n) is 8.30. The lowest BCUT2D eigenvalue weighted by Crippen LogP contribution is -2.52. The second-order valence-electron chi connectivity index (χ2n) is 6.13. The van der Waals surface area contributed by atoms with Gasteiger partial charge in [-0.05, 0) is 47.6 Å². The van der Waals surface area contributed by atoms with E-state index in [2.05, 4.69) is 32.8 Å². The van der Waals surface area contributed by atoms with Crippen molar-refractivity contribution in [3.8, 4) is 0 Å². The van der Waals surface area contributed by atoms with Crippen LogP contribution in [0.3, 0.4) is 0 Å². The fraction of sp³-hybridized carbons (Fsp3) is 0.529. The number of nitrogens with zero attached hydrogens (tertiary/aromatic N) is 2. The average molecular weight is 443 g/mol. The Morgan fingerprint density at radius 3 is 2.62 bits per heavy atom. The quantitative estimate of drug-likeness (QED) is 0.718. The molecule has 0 aliphatic carbocycles. The SMILES string of the molecule is O=C(CN1CCN(C(=O)C2CCCO2)CC1)Nc1ccccc1I. The van der Waals surface area contributed by atoms with Gasteiger partial charge in [0.25, 0.3) is 5.91 Å². The molecule has 0 bridgehead atoms. The molecule has 1 aromatic rings. The zero-order valence-corrected chi connectivity index (χ0v) is 15.7. The number of piperazine rings is 1. The predicted octanol–water partition coefficient (Wildman–Crippen LogP) is 1.55. The van der Waals surface area contributed by atoms with Crippen LogP contribution in [0, 0.1) is 3.57 Å². The van der Waals surface area contributed by atoms with Gasteiger partial charge in [0.2, 0.25) is 5.91 Å². The summed E-state index contributed by atoms with van der Waals surface area (Å²) in [7, 11) is 0. The number of carbonyl (C=O) groups excluding carboxylic acids is 2. The number of para-hydroxylation sites is 1. The van der Waals surface area contributed by atoms with Gasteiger partial charge in [-0.15, -0.1) is 0 Å². The van der Waals surface area contributed by atoms with Gasteiger partial charge in [0, 0.05) is 36.4 Å². The molecule has 130 valence electrons. The Bertz CT molecular complexity index is 596. The zero-order chi connectivity index (χ0) is 16.9. The van der Waals surface area contributed by atoms with Crippen LogP contribution in [-0.2, 0) is 14.3 Å². The Balaban J connectivity index is 1.44. The fourth-order valence-corrected chi connectivity index (χ4v) is 3.58. The number of hydrogen-bond donors (Lipinski definition) is 1. The van der Waals surface area contributed by atoms with E-state index in [0.717, 1.165) is 35.2 Å². The van der Waals surface area contributed by atoms with Crippen molar-refractivity contribution >= 4 is 40.1 Å². The molecule has 24 heavy (non-hydrogen) atoms. The molecule has 1 unspecified atom stereocenters. The van der Waals surface area contributed by atoms with Gasteiger partial charge in [0.05, 0.1) is 12.2 Å². The van der Waals surface area contributed by atoms with E-state index in [-0.39, 0.29) is 17.9 Å². The van der Waals surface area contributed by atoms with E-state index in [9.17, 15) is 9.59 Å². The minimum atomic E-state index is -0.250. The normalized spacial score (nSPS) is 21.7. The van der Waals surface area contributed by atoms with Crippen LogP contribution in [0.2, 0.25) is 0 Å². The Hall–Kier alpha value is -1.19. The van der Waals surface area contributed by atoms with Crippen LogP contribution in [0.5, 0.6) is 0 Å². The number of nitrogens with one attached hydrogen (secondary N) is 1. The Kier molecular flexibility index (Phi) is 6.07. The van der Waals surface area contributed by atoms with Crippen molar-refractivity contribution < 1.29 is 14.3 Å². The second-order valence-corrected chi connectivity index (χ2v) is 7.29. The molecular weight excluding hydrogens is 421 g/mol. The van der Waals surface area contributed by atoms with Gasteiger partial charge < -0.3 is 15.0 Å². The minimum Gasteiger partial charge on any atom is -0.368 e. The predicted molar refractivity (Wildman–Crippen MR) is 99.8 cm³/mol. The molecule has 2 saturated heterocycles. The largest absolute Gasteiger partial charge is 0.368 e. The Labute approximate surface area is 155 Å². The van der Waals surface area contributed by atoms with E-state index in [1.54, 1.807) is 0 Å². The van der Waals surface area contributed by atoms with Crippen molar-refractivity contribution in [3.63, 3.8) is 0 Å². The van der Waals surface area contributed by atoms with Gasteiger partial charge in [-0.25, -0.2) is 0 Å². The van der Waals surface area contributed by atoms with Crippen LogP contribution < -0.4 is 5.32 Å². The smallest absolute Gasteiger partial charge is 0.251 e. The van der Waals surface area contributed by atoms with E-state index < -0.39 is 0 Å². The van der Waals surface area contributed by atoms with E-state index in [0.29, 0.717) is 26.2 Å². The number of ether oxygens (including phenoxy) is 1. The third-order valence-corrected chi connectivity index (χ3v) is 5.34. The molecule has 0 aromatic heterocycles. The lowest BCUT2D eigenvalue weighted by molar-refractivity contribution is -0.142. The van der Waals surface area contributed by atoms with Crippen LogP contribution in [0.4, 0.5) is 5.69 Å². The van der Waals surface area contributed by atoms with Crippen molar-refractivity contribution in [3.05, 3.63) is 27.8 Å². The maximum Gasteiger partial charge on any atom is 0.251 e. The molecular formula is C17H22IN3O3. The van der Waals surface area contributed by atoms with Gasteiger partial charge in [-0.1, -0.05) is 12.1 Å². The first-order valence-corrected chi connectivity index (χ1v) is 9.38. The Morgan fingerprint density at radius 2 is 1.96 bits per heavy atom. The number of anilines is 1. The lowest BCUT2D eigenvalue weighted by atomic mass is 10.2. The van der Waals surface area contributed by atoms with E-state index in [4.69, 9.17) is 4.74 Å². The van der Waals surface area contributed by atoms with Crippen molar-refractivity contribution in [2.45, 2.75) is 18.9 Å². The summed E-state index contributed by atoms with van der Waals surface area (Å²) in [5.41, 5.74) is 0.843. The molecule has 1 atom stereocenters. The molecule has 2 fully saturated rings. The Morgan fingerprint density at radius 1 is 1.21 bits per heavy atom. The summed E-state index contributed by atoms with van der Waals surface area (Å²) in [6.45, 7) is 3.81. The highest BCUT2D eigenvalue weighted by molar-refractivity contribution is 14.1. The molecule has 1 aromatic carbocycles. The van der Waals surface area contributed by atoms with Crippen molar-refractivity contribution in [1.82, 2.24) is 9.80 Å². The maximum absolute atomic E-state index is 12.3. The summed E-state index contributed by atoms with van der Waals surface area (Å²) >= 11 is 2.21. The monoisotopic (exact) mass is 443 g/mol. The van der Waals surface area contributed by atoms with Gasteiger partial charge in [-0.3, -0.25) is 14.5 Å². The van der Waals surface area contributed by atoms with Crippen LogP contribution in [0.25, 0.3) is 0 Å². The highest BCUT2D eigenvalue weighted by Gasteiger charge is 2.30. The van der Waals surface area contributed by atoms with Crippen LogP contribution in [0.15, 0.2) is 24.3 Å². The molecule has 0 spiro atoms. The highest BCUT2D eigenvalue weighted by atomic mass is 127. The number of carbonyl (C=O) groups is 2. The van der Waals surface area contributed by atoms with Crippen LogP contribution in [-0.4, -0.2) is 67.0 Å². The summed E-state index contributed by atoms with van der Waals surface area (Å²) in [5.74, 6) is 0.0912. The number of hydrogen-bond acceptors (Lipinski definition) is 4.